The molecule has 0 heterocycles. The topological polar surface area (TPSA) is 46.5 Å². The van der Waals surface area contributed by atoms with Crippen LogP contribution < -0.4 is 0 Å². The van der Waals surface area contributed by atoms with Crippen LogP contribution in [0.5, 0.6) is 0 Å². The first-order chi connectivity index (χ1) is 7.11. The van der Waals surface area contributed by atoms with Gasteiger partial charge in [0.25, 0.3) is 0 Å². The summed E-state index contributed by atoms with van der Waals surface area (Å²) in [5, 5.41) is 0. The van der Waals surface area contributed by atoms with Crippen LogP contribution in [-0.2, 0) is 9.59 Å². The van der Waals surface area contributed by atoms with Gasteiger partial charge in [-0.1, -0.05) is 19.9 Å². The summed E-state index contributed by atoms with van der Waals surface area (Å²) < 4.78 is 0. The first-order valence-corrected chi connectivity index (χ1v) is 4.94. The Bertz CT molecular complexity index is 299. The molecule has 0 aromatic heterocycles. The molecule has 0 saturated carbocycles. The van der Waals surface area contributed by atoms with Gasteiger partial charge in [-0.15, -0.1) is 0 Å². The van der Waals surface area contributed by atoms with Crippen LogP contribution in [0, 0.1) is 5.92 Å². The smallest absolute Gasteiger partial charge is 0.149 e. The summed E-state index contributed by atoms with van der Waals surface area (Å²) in [6.07, 6.45) is 7.45. The molecule has 0 aromatic rings. The highest BCUT2D eigenvalue weighted by Gasteiger charge is 2.03. The van der Waals surface area contributed by atoms with Crippen molar-refractivity contribution in [2.24, 2.45) is 10.9 Å². The minimum atomic E-state index is 0.0431. The van der Waals surface area contributed by atoms with E-state index in [-0.39, 0.29) is 11.7 Å². The fraction of sp³-hybridized carbons (Fsp3) is 0.417. The second kappa shape index (κ2) is 7.85. The molecule has 0 N–H and O–H groups in total. The minimum absolute atomic E-state index is 0.0431. The Labute approximate surface area is 90.6 Å². The maximum absolute atomic E-state index is 11.2. The summed E-state index contributed by atoms with van der Waals surface area (Å²) in [7, 11) is 0. The normalized spacial score (nSPS) is 12.9. The monoisotopic (exact) mass is 207 g/mol. The van der Waals surface area contributed by atoms with Crippen LogP contribution in [0.1, 0.15) is 27.2 Å². The van der Waals surface area contributed by atoms with E-state index in [1.54, 1.807) is 25.3 Å². The first kappa shape index (κ1) is 13.5. The number of ketones is 1. The van der Waals surface area contributed by atoms with Crippen molar-refractivity contribution in [1.29, 1.82) is 0 Å². The largest absolute Gasteiger partial charge is 0.299 e. The van der Waals surface area contributed by atoms with E-state index < -0.39 is 0 Å². The lowest BCUT2D eigenvalue weighted by atomic mass is 10.1. The van der Waals surface area contributed by atoms with Gasteiger partial charge in [0.2, 0.25) is 0 Å². The molecule has 0 bridgehead atoms. The maximum atomic E-state index is 11.2. The molecule has 0 fully saturated rings. The van der Waals surface area contributed by atoms with Crippen molar-refractivity contribution in [3.8, 4) is 0 Å². The highest BCUT2D eigenvalue weighted by atomic mass is 16.1. The number of Topliss-reactive ketones (excluding diaryl/α,β-unsaturated/α-hetero) is 1. The number of nitrogens with zero attached hydrogens (tertiary/aromatic N) is 1. The molecular weight excluding hydrogens is 190 g/mol. The predicted molar refractivity (Wildman–Crippen MR) is 61.9 cm³/mol. The lowest BCUT2D eigenvalue weighted by molar-refractivity contribution is -0.120. The van der Waals surface area contributed by atoms with Crippen molar-refractivity contribution in [3.05, 3.63) is 23.9 Å². The molecule has 3 heteroatoms. The number of aliphatic imine (C=N–C) groups is 1. The van der Waals surface area contributed by atoms with Crippen molar-refractivity contribution < 1.29 is 9.59 Å². The van der Waals surface area contributed by atoms with E-state index in [1.807, 2.05) is 13.8 Å². The van der Waals surface area contributed by atoms with E-state index in [9.17, 15) is 9.59 Å². The second-order valence-electron chi connectivity index (χ2n) is 3.38. The van der Waals surface area contributed by atoms with Crippen LogP contribution in [0.2, 0.25) is 0 Å². The molecule has 0 aromatic carbocycles. The minimum Gasteiger partial charge on any atom is -0.299 e. The van der Waals surface area contributed by atoms with Crippen molar-refractivity contribution in [2.75, 3.05) is 0 Å². The van der Waals surface area contributed by atoms with Crippen LogP contribution in [0.25, 0.3) is 0 Å². The number of allylic oxidation sites excluding steroid dienone is 3. The van der Waals surface area contributed by atoms with Gasteiger partial charge in [0.05, 0.1) is 0 Å². The molecule has 0 aliphatic heterocycles. The molecule has 0 saturated heterocycles. The summed E-state index contributed by atoms with van der Waals surface area (Å²) in [5.74, 6) is 0.204. The molecule has 0 rings (SSSR count). The third kappa shape index (κ3) is 6.55. The Kier molecular flexibility index (Phi) is 7.06. The summed E-state index contributed by atoms with van der Waals surface area (Å²) >= 11 is 0. The molecule has 0 unspecified atom stereocenters. The van der Waals surface area contributed by atoms with Gasteiger partial charge in [0.15, 0.2) is 0 Å². The predicted octanol–water partition coefficient (Wildman–Crippen LogP) is 2.33. The lowest BCUT2D eigenvalue weighted by Crippen LogP contribution is -2.06. The zero-order valence-corrected chi connectivity index (χ0v) is 9.43. The quantitative estimate of drug-likeness (QED) is 0.290. The fourth-order valence-electron chi connectivity index (χ4n) is 0.772. The van der Waals surface area contributed by atoms with Crippen LogP contribution in [0.15, 0.2) is 28.9 Å². The summed E-state index contributed by atoms with van der Waals surface area (Å²) in [4.78, 5) is 25.4. The summed E-state index contributed by atoms with van der Waals surface area (Å²) in [6.45, 7) is 5.49. The van der Waals surface area contributed by atoms with Gasteiger partial charge >= 0.3 is 0 Å². The average molecular weight is 207 g/mol. The van der Waals surface area contributed by atoms with Crippen LogP contribution >= 0.6 is 0 Å². The molecule has 0 atom stereocenters. The van der Waals surface area contributed by atoms with E-state index in [0.717, 1.165) is 6.29 Å². The number of carbonyl (C=O) groups is 2. The average Bonchev–Trinajstić information content (AvgIpc) is 2.23. The molecule has 0 aliphatic rings. The summed E-state index contributed by atoms with van der Waals surface area (Å²) in [5.41, 5.74) is 0.572. The van der Waals surface area contributed by atoms with Gasteiger partial charge in [-0.05, 0) is 13.0 Å². The van der Waals surface area contributed by atoms with Crippen molar-refractivity contribution in [2.45, 2.75) is 27.2 Å². The summed E-state index contributed by atoms with van der Waals surface area (Å²) in [6, 6.07) is 0. The Morgan fingerprint density at radius 1 is 1.40 bits per heavy atom. The maximum Gasteiger partial charge on any atom is 0.149 e. The molecule has 82 valence electrons. The van der Waals surface area contributed by atoms with E-state index in [2.05, 4.69) is 4.99 Å². The molecule has 3 nitrogen and oxygen atoms in total. The number of aldehydes is 1. The zero-order chi connectivity index (χ0) is 11.7. The number of carbonyl (C=O) groups excluding carboxylic acids is 2. The number of rotatable bonds is 6. The van der Waals surface area contributed by atoms with Gasteiger partial charge in [-0.3, -0.25) is 14.6 Å². The number of hydrogen-bond donors (Lipinski definition) is 0. The molecule has 0 aliphatic carbocycles. The first-order valence-electron chi connectivity index (χ1n) is 4.94. The van der Waals surface area contributed by atoms with Crippen LogP contribution in [0.4, 0.5) is 0 Å². The van der Waals surface area contributed by atoms with Gasteiger partial charge in [0.1, 0.15) is 12.1 Å². The SMILES string of the molecule is C/C=C(C=O)\C=C/N=CCC(=O)C(C)C. The third-order valence-corrected chi connectivity index (χ3v) is 1.86. The Morgan fingerprint density at radius 3 is 2.53 bits per heavy atom. The van der Waals surface area contributed by atoms with E-state index in [1.165, 1.54) is 6.20 Å². The molecular formula is C12H17NO2. The standard InChI is InChI=1S/C12H17NO2/c1-4-11(9-14)5-7-13-8-6-12(15)10(2)3/h4-5,7-10H,6H2,1-3H3/b7-5-,11-4+,13-8?. The van der Waals surface area contributed by atoms with Crippen LogP contribution in [-0.4, -0.2) is 18.3 Å². The van der Waals surface area contributed by atoms with E-state index in [4.69, 9.17) is 0 Å². The van der Waals surface area contributed by atoms with Crippen LogP contribution in [0.3, 0.4) is 0 Å². The fourth-order valence-corrected chi connectivity index (χ4v) is 0.772. The Hall–Kier alpha value is -1.51. The van der Waals surface area contributed by atoms with Crippen molar-refractivity contribution in [3.63, 3.8) is 0 Å². The second-order valence-corrected chi connectivity index (χ2v) is 3.38. The van der Waals surface area contributed by atoms with Gasteiger partial charge in [-0.2, -0.15) is 0 Å². The number of hydrogen-bond acceptors (Lipinski definition) is 3. The highest BCUT2D eigenvalue weighted by molar-refractivity contribution is 5.92. The molecule has 0 amide bonds. The lowest BCUT2D eigenvalue weighted by Gasteiger charge is -1.97. The Balaban J connectivity index is 4.00. The zero-order valence-electron chi connectivity index (χ0n) is 9.43. The van der Waals surface area contributed by atoms with E-state index in [0.29, 0.717) is 12.0 Å². The van der Waals surface area contributed by atoms with E-state index >= 15 is 0 Å². The molecule has 0 radical (unpaired) electrons. The van der Waals surface area contributed by atoms with Gasteiger partial charge < -0.3 is 0 Å². The molecule has 0 spiro atoms. The third-order valence-electron chi connectivity index (χ3n) is 1.86. The van der Waals surface area contributed by atoms with Crippen molar-refractivity contribution in [1.82, 2.24) is 0 Å². The van der Waals surface area contributed by atoms with Gasteiger partial charge in [-0.25, -0.2) is 0 Å². The van der Waals surface area contributed by atoms with Crippen molar-refractivity contribution >= 4 is 18.3 Å². The molecule has 15 heavy (non-hydrogen) atoms. The van der Waals surface area contributed by atoms with Gasteiger partial charge in [0, 0.05) is 30.3 Å². The Morgan fingerprint density at radius 2 is 2.07 bits per heavy atom. The highest BCUT2D eigenvalue weighted by Crippen LogP contribution is 1.97.